The maximum absolute atomic E-state index is 12.9. The third-order valence-corrected chi connectivity index (χ3v) is 6.22. The number of nitrogens with zero attached hydrogens (tertiary/aromatic N) is 1. The van der Waals surface area contributed by atoms with E-state index in [-0.39, 0.29) is 17.7 Å². The van der Waals surface area contributed by atoms with Crippen LogP contribution in [0.3, 0.4) is 0 Å². The molecule has 0 radical (unpaired) electrons. The maximum atomic E-state index is 12.9. The molecular formula is C24H27Cl2N3O3. The van der Waals surface area contributed by atoms with Crippen molar-refractivity contribution in [2.75, 3.05) is 13.1 Å². The molecule has 3 amide bonds. The van der Waals surface area contributed by atoms with Crippen molar-refractivity contribution in [3.63, 3.8) is 0 Å². The fraction of sp³-hybridized carbons (Fsp3) is 0.375. The lowest BCUT2D eigenvalue weighted by Gasteiger charge is -2.24. The normalized spacial score (nSPS) is 15.5. The number of amides is 3. The van der Waals surface area contributed by atoms with Gasteiger partial charge in [-0.3, -0.25) is 14.4 Å². The van der Waals surface area contributed by atoms with Crippen LogP contribution in [0.15, 0.2) is 42.5 Å². The molecule has 1 unspecified atom stereocenters. The summed E-state index contributed by atoms with van der Waals surface area (Å²) in [5.74, 6) is -0.534. The lowest BCUT2D eigenvalue weighted by molar-refractivity contribution is -0.125. The summed E-state index contributed by atoms with van der Waals surface area (Å²) in [6.45, 7) is 3.57. The number of unbranched alkanes of at least 4 members (excludes halogenated alkanes) is 1. The van der Waals surface area contributed by atoms with Gasteiger partial charge in [0.25, 0.3) is 11.8 Å². The molecule has 2 N–H and O–H groups in total. The van der Waals surface area contributed by atoms with Crippen LogP contribution in [-0.2, 0) is 11.3 Å². The van der Waals surface area contributed by atoms with Crippen LogP contribution in [0, 0.1) is 0 Å². The molecule has 1 atom stereocenters. The van der Waals surface area contributed by atoms with Gasteiger partial charge in [0.2, 0.25) is 5.91 Å². The highest BCUT2D eigenvalue weighted by atomic mass is 35.5. The molecule has 2 aromatic rings. The van der Waals surface area contributed by atoms with Crippen LogP contribution < -0.4 is 10.6 Å². The third kappa shape index (κ3) is 6.02. The van der Waals surface area contributed by atoms with Crippen molar-refractivity contribution in [2.24, 2.45) is 0 Å². The second-order valence-electron chi connectivity index (χ2n) is 7.81. The molecule has 0 aliphatic carbocycles. The van der Waals surface area contributed by atoms with Gasteiger partial charge in [-0.05, 0) is 55.2 Å². The summed E-state index contributed by atoms with van der Waals surface area (Å²) in [6.07, 6.45) is 3.33. The lowest BCUT2D eigenvalue weighted by Crippen LogP contribution is -2.45. The van der Waals surface area contributed by atoms with E-state index in [9.17, 15) is 14.4 Å². The molecule has 32 heavy (non-hydrogen) atoms. The van der Waals surface area contributed by atoms with Crippen molar-refractivity contribution in [3.05, 3.63) is 69.2 Å². The predicted octanol–water partition coefficient (Wildman–Crippen LogP) is 4.44. The Kier molecular flexibility index (Phi) is 8.53. The Morgan fingerprint density at radius 3 is 2.41 bits per heavy atom. The van der Waals surface area contributed by atoms with Gasteiger partial charge in [-0.25, -0.2) is 0 Å². The second kappa shape index (κ2) is 11.3. The molecule has 0 bridgehead atoms. The van der Waals surface area contributed by atoms with E-state index in [0.717, 1.165) is 24.8 Å². The average molecular weight is 476 g/mol. The first kappa shape index (κ1) is 24.1. The van der Waals surface area contributed by atoms with Gasteiger partial charge in [0, 0.05) is 30.8 Å². The smallest absolute Gasteiger partial charge is 0.254 e. The highest BCUT2D eigenvalue weighted by molar-refractivity contribution is 6.42. The van der Waals surface area contributed by atoms with E-state index in [1.165, 1.54) is 6.07 Å². The van der Waals surface area contributed by atoms with Crippen molar-refractivity contribution >= 4 is 40.9 Å². The van der Waals surface area contributed by atoms with E-state index in [4.69, 9.17) is 23.2 Å². The molecule has 1 aliphatic rings. The van der Waals surface area contributed by atoms with Crippen LogP contribution >= 0.6 is 23.2 Å². The largest absolute Gasteiger partial charge is 0.352 e. The molecule has 1 aliphatic heterocycles. The maximum Gasteiger partial charge on any atom is 0.254 e. The van der Waals surface area contributed by atoms with E-state index in [1.54, 1.807) is 29.2 Å². The topological polar surface area (TPSA) is 78.5 Å². The lowest BCUT2D eigenvalue weighted by atomic mass is 10.1. The van der Waals surface area contributed by atoms with Crippen molar-refractivity contribution in [2.45, 2.75) is 45.2 Å². The molecule has 1 saturated heterocycles. The van der Waals surface area contributed by atoms with E-state index in [1.807, 2.05) is 12.1 Å². The predicted molar refractivity (Wildman–Crippen MR) is 126 cm³/mol. The number of carbonyl (C=O) groups is 3. The zero-order valence-corrected chi connectivity index (χ0v) is 19.5. The standard InChI is InChI=1S/C24H27Cl2N3O3/c1-2-3-12-27-22(30)17-8-6-16(7-9-17)15-28-23(31)21-5-4-13-29(21)24(32)18-10-11-19(25)20(26)14-18/h6-11,14,21H,2-5,12-13,15H2,1H3,(H,27,30)(H,28,31). The molecule has 3 rings (SSSR count). The Bertz CT molecular complexity index is 979. The fourth-order valence-electron chi connectivity index (χ4n) is 3.64. The van der Waals surface area contributed by atoms with E-state index < -0.39 is 6.04 Å². The van der Waals surface area contributed by atoms with Gasteiger partial charge in [0.05, 0.1) is 10.0 Å². The molecule has 170 valence electrons. The molecule has 1 heterocycles. The van der Waals surface area contributed by atoms with Crippen molar-refractivity contribution in [1.29, 1.82) is 0 Å². The number of rotatable bonds is 8. The summed E-state index contributed by atoms with van der Waals surface area (Å²) >= 11 is 12.0. The Morgan fingerprint density at radius 2 is 1.72 bits per heavy atom. The summed E-state index contributed by atoms with van der Waals surface area (Å²) < 4.78 is 0. The van der Waals surface area contributed by atoms with Gasteiger partial charge in [0.15, 0.2) is 0 Å². The molecule has 0 spiro atoms. The van der Waals surface area contributed by atoms with Gasteiger partial charge in [-0.1, -0.05) is 48.7 Å². The highest BCUT2D eigenvalue weighted by Gasteiger charge is 2.34. The summed E-state index contributed by atoms with van der Waals surface area (Å²) in [6, 6.07) is 11.3. The molecule has 0 saturated carbocycles. The number of halogens is 2. The zero-order chi connectivity index (χ0) is 23.1. The zero-order valence-electron chi connectivity index (χ0n) is 18.0. The molecule has 6 nitrogen and oxygen atoms in total. The van der Waals surface area contributed by atoms with E-state index in [0.29, 0.717) is 47.2 Å². The molecule has 8 heteroatoms. The van der Waals surface area contributed by atoms with Gasteiger partial charge in [-0.2, -0.15) is 0 Å². The molecule has 1 fully saturated rings. The van der Waals surface area contributed by atoms with Crippen molar-refractivity contribution in [1.82, 2.24) is 15.5 Å². The minimum Gasteiger partial charge on any atom is -0.352 e. The van der Waals surface area contributed by atoms with Gasteiger partial charge >= 0.3 is 0 Å². The Balaban J connectivity index is 1.56. The molecule has 2 aromatic carbocycles. The average Bonchev–Trinajstić information content (AvgIpc) is 3.29. The van der Waals surface area contributed by atoms with Crippen LogP contribution in [0.2, 0.25) is 10.0 Å². The second-order valence-corrected chi connectivity index (χ2v) is 8.62. The van der Waals surface area contributed by atoms with Crippen LogP contribution in [0.25, 0.3) is 0 Å². The number of carbonyl (C=O) groups excluding carboxylic acids is 3. The van der Waals surface area contributed by atoms with Crippen molar-refractivity contribution in [3.8, 4) is 0 Å². The first-order chi connectivity index (χ1) is 15.4. The van der Waals surface area contributed by atoms with E-state index >= 15 is 0 Å². The van der Waals surface area contributed by atoms with Gasteiger partial charge < -0.3 is 15.5 Å². The van der Waals surface area contributed by atoms with Crippen LogP contribution in [0.5, 0.6) is 0 Å². The van der Waals surface area contributed by atoms with Gasteiger partial charge in [-0.15, -0.1) is 0 Å². The molecular weight excluding hydrogens is 449 g/mol. The van der Waals surface area contributed by atoms with Crippen LogP contribution in [0.1, 0.15) is 58.9 Å². The quantitative estimate of drug-likeness (QED) is 0.553. The summed E-state index contributed by atoms with van der Waals surface area (Å²) in [5, 5.41) is 6.47. The summed E-state index contributed by atoms with van der Waals surface area (Å²) in [5.41, 5.74) is 1.88. The molecule has 0 aromatic heterocycles. The third-order valence-electron chi connectivity index (χ3n) is 5.48. The minimum absolute atomic E-state index is 0.101. The number of likely N-dealkylation sites (tertiary alicyclic amines) is 1. The van der Waals surface area contributed by atoms with E-state index in [2.05, 4.69) is 17.6 Å². The van der Waals surface area contributed by atoms with Gasteiger partial charge in [0.1, 0.15) is 6.04 Å². The SMILES string of the molecule is CCCCNC(=O)c1ccc(CNC(=O)C2CCCN2C(=O)c2ccc(Cl)c(Cl)c2)cc1. The number of benzene rings is 2. The fourth-order valence-corrected chi connectivity index (χ4v) is 3.94. The number of hydrogen-bond acceptors (Lipinski definition) is 3. The van der Waals surface area contributed by atoms with Crippen molar-refractivity contribution < 1.29 is 14.4 Å². The first-order valence-corrected chi connectivity index (χ1v) is 11.6. The Labute approximate surface area is 198 Å². The van der Waals surface area contributed by atoms with Crippen LogP contribution in [-0.4, -0.2) is 41.8 Å². The highest BCUT2D eigenvalue weighted by Crippen LogP contribution is 2.26. The Morgan fingerprint density at radius 1 is 1.00 bits per heavy atom. The monoisotopic (exact) mass is 475 g/mol. The first-order valence-electron chi connectivity index (χ1n) is 10.8. The Hall–Kier alpha value is -2.57. The minimum atomic E-state index is -0.527. The van der Waals surface area contributed by atoms with Crippen LogP contribution in [0.4, 0.5) is 0 Å². The number of hydrogen-bond donors (Lipinski definition) is 2. The number of nitrogens with one attached hydrogen (secondary N) is 2. The summed E-state index contributed by atoms with van der Waals surface area (Å²) in [4.78, 5) is 39.4. The summed E-state index contributed by atoms with van der Waals surface area (Å²) in [7, 11) is 0.